The van der Waals surface area contributed by atoms with Gasteiger partial charge in [0.15, 0.2) is 0 Å². The summed E-state index contributed by atoms with van der Waals surface area (Å²) in [4.78, 5) is 42.1. The number of aromatic nitrogens is 1. The zero-order chi connectivity index (χ0) is 29.4. The molecule has 3 aromatic rings. The van der Waals surface area contributed by atoms with Gasteiger partial charge < -0.3 is 15.2 Å². The fraction of sp³-hybridized carbons (Fsp3) is 0.321. The molecule has 40 heavy (non-hydrogen) atoms. The standard InChI is InChI=1S/C28H29ClF2N4O5/c1-16-9-23(40-14-17-5-6-18(30)10-20(17)31)26(29)27(38)35(16)19-7-8-21-22(11-19)34(24(36)12-28(2,3)39)15-33(21)25(37)13-32-4/h5-11,32,39H,12-15H2,1-4H3. The van der Waals surface area contributed by atoms with Crippen LogP contribution < -0.4 is 25.4 Å². The minimum absolute atomic E-state index is 0.0242. The molecule has 0 fully saturated rings. The summed E-state index contributed by atoms with van der Waals surface area (Å²) in [5.41, 5.74) is -0.123. The molecule has 0 unspecified atom stereocenters. The monoisotopic (exact) mass is 574 g/mol. The van der Waals surface area contributed by atoms with Gasteiger partial charge in [-0.05, 0) is 58.2 Å². The number of pyridine rings is 1. The number of carbonyl (C=O) groups excluding carboxylic acids is 2. The maximum Gasteiger partial charge on any atom is 0.277 e. The first-order valence-electron chi connectivity index (χ1n) is 12.4. The van der Waals surface area contributed by atoms with Crippen molar-refractivity contribution >= 4 is 34.8 Å². The molecule has 0 bridgehead atoms. The number of hydrogen-bond acceptors (Lipinski definition) is 6. The third-order valence-electron chi connectivity index (χ3n) is 6.29. The van der Waals surface area contributed by atoms with Gasteiger partial charge in [0, 0.05) is 23.4 Å². The van der Waals surface area contributed by atoms with Gasteiger partial charge in [-0.3, -0.25) is 28.8 Å². The third-order valence-corrected chi connectivity index (χ3v) is 6.64. The predicted octanol–water partition coefficient (Wildman–Crippen LogP) is 3.67. The first-order valence-corrected chi connectivity index (χ1v) is 12.8. The largest absolute Gasteiger partial charge is 0.487 e. The molecule has 2 amide bonds. The van der Waals surface area contributed by atoms with Crippen LogP contribution in [0.15, 0.2) is 47.3 Å². The van der Waals surface area contributed by atoms with Gasteiger partial charge in [-0.1, -0.05) is 11.6 Å². The second-order valence-corrected chi connectivity index (χ2v) is 10.5. The van der Waals surface area contributed by atoms with E-state index < -0.39 is 28.7 Å². The average Bonchev–Trinajstić information content (AvgIpc) is 3.25. The van der Waals surface area contributed by atoms with Crippen LogP contribution in [0.4, 0.5) is 20.2 Å². The number of aliphatic hydroxyl groups is 1. The summed E-state index contributed by atoms with van der Waals surface area (Å²) >= 11 is 6.36. The molecular weight excluding hydrogens is 546 g/mol. The Morgan fingerprint density at radius 3 is 2.42 bits per heavy atom. The number of nitrogens with one attached hydrogen (secondary N) is 1. The molecule has 0 saturated heterocycles. The van der Waals surface area contributed by atoms with Crippen LogP contribution in [0.2, 0.25) is 5.02 Å². The van der Waals surface area contributed by atoms with Gasteiger partial charge in [-0.2, -0.15) is 0 Å². The average molecular weight is 575 g/mol. The molecular formula is C28H29ClF2N4O5. The number of amides is 2. The highest BCUT2D eigenvalue weighted by Crippen LogP contribution is 2.39. The number of likely N-dealkylation sites (N-methyl/N-ethyl adjacent to an activating group) is 1. The van der Waals surface area contributed by atoms with E-state index in [9.17, 15) is 28.3 Å². The van der Waals surface area contributed by atoms with Gasteiger partial charge in [0.05, 0.1) is 35.6 Å². The third kappa shape index (κ3) is 6.01. The van der Waals surface area contributed by atoms with Gasteiger partial charge in [0.25, 0.3) is 5.56 Å². The molecule has 2 N–H and O–H groups in total. The number of carbonyl (C=O) groups is 2. The Hall–Kier alpha value is -3.80. The number of fused-ring (bicyclic) bond motifs is 1. The molecule has 12 heteroatoms. The molecule has 0 saturated carbocycles. The van der Waals surface area contributed by atoms with Crippen molar-refractivity contribution < 1.29 is 28.2 Å². The number of ether oxygens (including phenoxy) is 1. The van der Waals surface area contributed by atoms with Crippen molar-refractivity contribution in [1.29, 1.82) is 0 Å². The fourth-order valence-electron chi connectivity index (χ4n) is 4.43. The second-order valence-electron chi connectivity index (χ2n) is 10.1. The van der Waals surface area contributed by atoms with Gasteiger partial charge in [0.2, 0.25) is 11.8 Å². The lowest BCUT2D eigenvalue weighted by Crippen LogP contribution is -2.43. The van der Waals surface area contributed by atoms with E-state index in [-0.39, 0.29) is 48.5 Å². The number of nitrogens with zero attached hydrogens (tertiary/aromatic N) is 3. The highest BCUT2D eigenvalue weighted by atomic mass is 35.5. The molecule has 1 aromatic heterocycles. The van der Waals surface area contributed by atoms with Crippen molar-refractivity contribution in [3.63, 3.8) is 0 Å². The molecule has 0 aliphatic carbocycles. The van der Waals surface area contributed by atoms with E-state index in [0.717, 1.165) is 12.1 Å². The van der Waals surface area contributed by atoms with Gasteiger partial charge >= 0.3 is 0 Å². The molecule has 1 aliphatic heterocycles. The van der Waals surface area contributed by atoms with Crippen LogP contribution >= 0.6 is 11.6 Å². The van der Waals surface area contributed by atoms with Crippen molar-refractivity contribution in [2.24, 2.45) is 0 Å². The normalized spacial score (nSPS) is 13.0. The summed E-state index contributed by atoms with van der Waals surface area (Å²) in [5, 5.41) is 12.8. The summed E-state index contributed by atoms with van der Waals surface area (Å²) in [7, 11) is 1.64. The molecule has 0 spiro atoms. The van der Waals surface area contributed by atoms with Crippen LogP contribution in [-0.2, 0) is 16.2 Å². The van der Waals surface area contributed by atoms with Crippen molar-refractivity contribution in [2.45, 2.75) is 39.4 Å². The minimum atomic E-state index is -1.27. The first kappa shape index (κ1) is 29.2. The first-order chi connectivity index (χ1) is 18.8. The van der Waals surface area contributed by atoms with E-state index >= 15 is 0 Å². The van der Waals surface area contributed by atoms with Gasteiger partial charge in [-0.25, -0.2) is 8.78 Å². The van der Waals surface area contributed by atoms with Crippen molar-refractivity contribution in [3.05, 3.63) is 80.7 Å². The summed E-state index contributed by atoms with van der Waals surface area (Å²) < 4.78 is 34.1. The van der Waals surface area contributed by atoms with Crippen LogP contribution in [0, 0.1) is 18.6 Å². The number of rotatable bonds is 8. The van der Waals surface area contributed by atoms with Gasteiger partial charge in [0.1, 0.15) is 35.7 Å². The molecule has 2 aromatic carbocycles. The molecule has 4 rings (SSSR count). The Morgan fingerprint density at radius 1 is 1.07 bits per heavy atom. The number of halogens is 3. The zero-order valence-corrected chi connectivity index (χ0v) is 23.2. The lowest BCUT2D eigenvalue weighted by atomic mass is 10.0. The zero-order valence-electron chi connectivity index (χ0n) is 22.4. The Balaban J connectivity index is 1.71. The van der Waals surface area contributed by atoms with Crippen LogP contribution in [-0.4, -0.2) is 47.4 Å². The number of hydrogen-bond donors (Lipinski definition) is 2. The lowest BCUT2D eigenvalue weighted by Gasteiger charge is -2.23. The van der Waals surface area contributed by atoms with E-state index in [1.807, 2.05) is 0 Å². The molecule has 212 valence electrons. The van der Waals surface area contributed by atoms with Crippen molar-refractivity contribution in [3.8, 4) is 11.4 Å². The van der Waals surface area contributed by atoms with Crippen molar-refractivity contribution in [1.82, 2.24) is 9.88 Å². The SMILES string of the molecule is CNCC(=O)N1CN(C(=O)CC(C)(C)O)c2cc(-n3c(C)cc(OCc4ccc(F)cc4F)c(Cl)c3=O)ccc21. The second kappa shape index (κ2) is 11.4. The molecule has 0 radical (unpaired) electrons. The lowest BCUT2D eigenvalue weighted by molar-refractivity contribution is -0.122. The Kier molecular flexibility index (Phi) is 8.29. The van der Waals surface area contributed by atoms with E-state index in [4.69, 9.17) is 16.3 Å². The molecule has 0 atom stereocenters. The molecule has 1 aliphatic rings. The van der Waals surface area contributed by atoms with E-state index in [1.54, 1.807) is 32.2 Å². The number of anilines is 2. The highest BCUT2D eigenvalue weighted by molar-refractivity contribution is 6.31. The maximum absolute atomic E-state index is 14.0. The van der Waals surface area contributed by atoms with Crippen LogP contribution in [0.1, 0.15) is 31.5 Å². The van der Waals surface area contributed by atoms with E-state index in [1.165, 1.54) is 40.3 Å². The van der Waals surface area contributed by atoms with Crippen LogP contribution in [0.5, 0.6) is 5.75 Å². The Labute approximate surface area is 234 Å². The number of aryl methyl sites for hydroxylation is 1. The van der Waals surface area contributed by atoms with E-state index in [0.29, 0.717) is 22.8 Å². The number of benzene rings is 2. The van der Waals surface area contributed by atoms with Crippen LogP contribution in [0.3, 0.4) is 0 Å². The summed E-state index contributed by atoms with van der Waals surface area (Å²) in [5.74, 6) is -2.14. The Bertz CT molecular complexity index is 1540. The smallest absolute Gasteiger partial charge is 0.277 e. The van der Waals surface area contributed by atoms with Crippen molar-refractivity contribution in [2.75, 3.05) is 30.1 Å². The van der Waals surface area contributed by atoms with Gasteiger partial charge in [-0.15, -0.1) is 0 Å². The maximum atomic E-state index is 14.0. The van der Waals surface area contributed by atoms with E-state index in [2.05, 4.69) is 5.32 Å². The predicted molar refractivity (Wildman–Crippen MR) is 147 cm³/mol. The molecule has 2 heterocycles. The summed E-state index contributed by atoms with van der Waals surface area (Å²) in [6.07, 6.45) is -0.184. The van der Waals surface area contributed by atoms with Crippen LogP contribution in [0.25, 0.3) is 5.69 Å². The molecule has 9 nitrogen and oxygen atoms in total. The quantitative estimate of drug-likeness (QED) is 0.425. The fourth-order valence-corrected chi connectivity index (χ4v) is 4.62. The summed E-state index contributed by atoms with van der Waals surface area (Å²) in [6.45, 7) is 4.41. The Morgan fingerprint density at radius 2 is 1.77 bits per heavy atom. The topological polar surface area (TPSA) is 104 Å². The highest BCUT2D eigenvalue weighted by Gasteiger charge is 2.35. The minimum Gasteiger partial charge on any atom is -0.487 e. The summed E-state index contributed by atoms with van der Waals surface area (Å²) in [6, 6.07) is 9.46.